The average Bonchev–Trinajstić information content (AvgIpc) is 0.834. The molecule has 6 aromatic heterocycles. The molecule has 15 heteroatoms. The van der Waals surface area contributed by atoms with Crippen LogP contribution in [0.25, 0.3) is 123 Å². The molecule has 17 rings (SSSR count). The van der Waals surface area contributed by atoms with Crippen molar-refractivity contribution in [3.8, 4) is 123 Å². The van der Waals surface area contributed by atoms with Crippen LogP contribution in [0.3, 0.4) is 0 Å². The maximum atomic E-state index is 4.73. The van der Waals surface area contributed by atoms with Gasteiger partial charge in [0, 0.05) is 97.5 Å². The molecule has 11 aromatic carbocycles. The van der Waals surface area contributed by atoms with Gasteiger partial charge in [-0.05, 0) is 117 Å². The van der Waals surface area contributed by atoms with Crippen molar-refractivity contribution < 1.29 is 60.3 Å². The van der Waals surface area contributed by atoms with Crippen molar-refractivity contribution in [1.29, 1.82) is 0 Å². The molecule has 0 fully saturated rings. The molecule has 0 bridgehead atoms. The van der Waals surface area contributed by atoms with E-state index in [-0.39, 0.29) is 60.3 Å². The Kier molecular flexibility index (Phi) is 38.3. The molecular formula is C117H122Ir3N6Si6-6. The SMILES string of the molecule is C[Si](C)(C)c1cccnc1-c1[c-]cc(-c2ccccc2)cc1.C[Si](C)(C)c1cccnc1-c1[c-]ccc(-c2ccccc2)c1.C[Si](C)(C)c1cccnc1-c1[c-]ccc(-c2ccccc2-c2ccccc2)c1.Cc1cc(-c2[c-]ccc(-c3ccccc3)c2)ncc1[Si](C)(C)C.Cc1cc(-c2[c-]cccc2)ncc1[Si](C)(C)C.Cc1cc([Si](C)(C)C)cnc1-c1[c-]cccc1.[Ir].[Ir].[Ir]. The van der Waals surface area contributed by atoms with Gasteiger partial charge in [-0.15, -0.1) is 208 Å². The molecule has 3 radical (unpaired) electrons. The van der Waals surface area contributed by atoms with Gasteiger partial charge < -0.3 is 29.9 Å². The molecule has 0 spiro atoms. The summed E-state index contributed by atoms with van der Waals surface area (Å²) in [4.78, 5) is 27.9. The Morgan fingerprint density at radius 1 is 0.205 bits per heavy atom. The van der Waals surface area contributed by atoms with Crippen molar-refractivity contribution in [2.45, 2.75) is 139 Å². The Balaban J connectivity index is 0.000000179. The van der Waals surface area contributed by atoms with Crippen LogP contribution in [0.4, 0.5) is 0 Å². The van der Waals surface area contributed by atoms with Crippen LogP contribution in [0.1, 0.15) is 16.7 Å². The van der Waals surface area contributed by atoms with Crippen molar-refractivity contribution in [3.05, 3.63) is 412 Å². The minimum atomic E-state index is -1.50. The van der Waals surface area contributed by atoms with E-state index >= 15 is 0 Å². The summed E-state index contributed by atoms with van der Waals surface area (Å²) in [5.74, 6) is 0. The second kappa shape index (κ2) is 48.0. The van der Waals surface area contributed by atoms with Gasteiger partial charge in [0.15, 0.2) is 0 Å². The summed E-state index contributed by atoms with van der Waals surface area (Å²) in [5, 5.41) is 8.43. The third-order valence-electron chi connectivity index (χ3n) is 22.5. The number of nitrogens with zero attached hydrogens (tertiary/aromatic N) is 6. The van der Waals surface area contributed by atoms with E-state index in [1.165, 1.54) is 103 Å². The summed E-state index contributed by atoms with van der Waals surface area (Å²) in [6.45, 7) is 48.9. The first-order chi connectivity index (χ1) is 61.6. The molecule has 6 nitrogen and oxygen atoms in total. The first kappa shape index (κ1) is 105. The van der Waals surface area contributed by atoms with E-state index in [9.17, 15) is 0 Å². The Morgan fingerprint density at radius 3 is 0.932 bits per heavy atom. The fourth-order valence-electron chi connectivity index (χ4n) is 15.6. The third kappa shape index (κ3) is 29.0. The van der Waals surface area contributed by atoms with E-state index in [0.717, 1.165) is 67.5 Å². The number of aryl methyl sites for hydroxylation is 3. The molecule has 0 aliphatic heterocycles. The van der Waals surface area contributed by atoms with Crippen LogP contribution in [-0.4, -0.2) is 78.3 Å². The minimum Gasteiger partial charge on any atom is -0.305 e. The number of benzene rings is 11. The molecule has 0 aliphatic carbocycles. The zero-order valence-electron chi connectivity index (χ0n) is 80.2. The first-order valence-electron chi connectivity index (χ1n) is 44.7. The van der Waals surface area contributed by atoms with Crippen LogP contribution in [0.5, 0.6) is 0 Å². The van der Waals surface area contributed by atoms with E-state index in [2.05, 4.69) is 438 Å². The molecule has 132 heavy (non-hydrogen) atoms. The Morgan fingerprint density at radius 2 is 0.545 bits per heavy atom. The first-order valence-corrected chi connectivity index (χ1v) is 65.7. The van der Waals surface area contributed by atoms with Gasteiger partial charge in [0.1, 0.15) is 0 Å². The third-order valence-corrected chi connectivity index (χ3v) is 34.8. The second-order valence-corrected chi connectivity index (χ2v) is 69.2. The fraction of sp³-hybridized carbons (Fsp3) is 0.179. The quantitative estimate of drug-likeness (QED) is 0.0668. The smallest absolute Gasteiger partial charge is 0.0798 e. The zero-order valence-corrected chi connectivity index (χ0v) is 93.4. The maximum Gasteiger partial charge on any atom is 0.0798 e. The normalized spacial score (nSPS) is 11.2. The summed E-state index contributed by atoms with van der Waals surface area (Å²) in [6.07, 6.45) is 11.8. The van der Waals surface area contributed by atoms with Gasteiger partial charge in [-0.2, -0.15) is 0 Å². The molecule has 0 saturated heterocycles. The zero-order chi connectivity index (χ0) is 92.1. The summed E-state index contributed by atoms with van der Waals surface area (Å²) in [6, 6.07) is 131. The van der Waals surface area contributed by atoms with Gasteiger partial charge in [-0.25, -0.2) is 0 Å². The van der Waals surface area contributed by atoms with E-state index in [4.69, 9.17) is 9.97 Å². The van der Waals surface area contributed by atoms with E-state index in [0.29, 0.717) is 0 Å². The summed E-state index contributed by atoms with van der Waals surface area (Å²) >= 11 is 0. The summed E-state index contributed by atoms with van der Waals surface area (Å²) in [7, 11) is -8.24. The molecule has 0 N–H and O–H groups in total. The number of pyridine rings is 6. The molecule has 0 saturated carbocycles. The molecule has 0 aliphatic rings. The Hall–Kier alpha value is -10.4. The van der Waals surface area contributed by atoms with Crippen LogP contribution in [-0.2, 0) is 60.3 Å². The van der Waals surface area contributed by atoms with Crippen LogP contribution in [0, 0.1) is 57.2 Å². The van der Waals surface area contributed by atoms with Gasteiger partial charge in [-0.1, -0.05) is 343 Å². The van der Waals surface area contributed by atoms with Gasteiger partial charge in [-0.3, -0.25) is 0 Å². The molecule has 0 atom stereocenters. The molecule has 0 amide bonds. The van der Waals surface area contributed by atoms with Crippen molar-refractivity contribution in [2.24, 2.45) is 0 Å². The van der Waals surface area contributed by atoms with Crippen molar-refractivity contribution >= 4 is 79.6 Å². The molecule has 17 aromatic rings. The predicted octanol–water partition coefficient (Wildman–Crippen LogP) is 27.8. The molecule has 677 valence electrons. The van der Waals surface area contributed by atoms with E-state index in [1.807, 2.05) is 116 Å². The molecule has 0 unspecified atom stereocenters. The minimum absolute atomic E-state index is 0. The molecule has 6 heterocycles. The second-order valence-electron chi connectivity index (χ2n) is 38.9. The Bertz CT molecular complexity index is 6510. The van der Waals surface area contributed by atoms with Gasteiger partial charge in [0.2, 0.25) is 0 Å². The standard InChI is InChI=1S/C26H24NSi.C21H22NSi.2C20H20NSi.2C15H18NSi.3Ir/c1-28(2,3)25-17-10-18-27-26(25)22-14-9-13-21(19-22)24-16-8-7-15-23(24)20-11-5-4-6-12-20;1-16-13-20(22-15-21(16)23(2,3)4)19-12-8-11-18(14-19)17-9-6-5-7-10-17;1-22(2,3)19-13-8-14-21-20(19)18-12-7-11-17(15-18)16-9-5-4-6-10-16;1-22(2,3)19-10-7-15-21-20(19)18-13-11-17(12-14-18)16-8-5-4-6-9-16;1-12-10-14(13-8-6-5-7-9-13)16-11-15(12)17(2,3)4;1-12-10-14(17(2,3)4)11-16-15(12)13-8-6-5-7-9-13;;;/h4-13,15-19H,1-3H3;5-11,13-15H,1-4H3;4-11,13-15H,1-3H3;4-13,15H,1-3H3;2*5-8,10-11H,1-4H3;;;/q6*-1;;;. The van der Waals surface area contributed by atoms with Gasteiger partial charge in [0.25, 0.3) is 0 Å². The number of hydrogen-bond donors (Lipinski definition) is 0. The van der Waals surface area contributed by atoms with Crippen LogP contribution < -0.4 is 31.1 Å². The van der Waals surface area contributed by atoms with Crippen molar-refractivity contribution in [3.63, 3.8) is 0 Å². The van der Waals surface area contributed by atoms with Crippen molar-refractivity contribution in [1.82, 2.24) is 29.9 Å². The van der Waals surface area contributed by atoms with Crippen LogP contribution in [0.2, 0.25) is 118 Å². The van der Waals surface area contributed by atoms with Crippen LogP contribution in [0.15, 0.2) is 359 Å². The van der Waals surface area contributed by atoms with Gasteiger partial charge in [0.05, 0.1) is 48.4 Å². The topological polar surface area (TPSA) is 77.3 Å². The monoisotopic (exact) mass is 2360 g/mol. The number of rotatable bonds is 17. The molecular weight excluding hydrogens is 2230 g/mol. The number of aromatic nitrogens is 6. The summed E-state index contributed by atoms with van der Waals surface area (Å²) in [5.41, 5.74) is 28.8. The number of hydrogen-bond acceptors (Lipinski definition) is 6. The predicted molar refractivity (Wildman–Crippen MR) is 570 cm³/mol. The van der Waals surface area contributed by atoms with Gasteiger partial charge >= 0.3 is 0 Å². The summed E-state index contributed by atoms with van der Waals surface area (Å²) < 4.78 is 0. The van der Waals surface area contributed by atoms with Crippen molar-refractivity contribution in [2.75, 3.05) is 0 Å². The van der Waals surface area contributed by atoms with E-state index in [1.54, 1.807) is 0 Å². The Labute approximate surface area is 835 Å². The van der Waals surface area contributed by atoms with E-state index < -0.39 is 48.4 Å². The average molecular weight is 2360 g/mol. The van der Waals surface area contributed by atoms with Crippen LogP contribution >= 0.6 is 0 Å². The maximum absolute atomic E-state index is 4.73. The largest absolute Gasteiger partial charge is 0.305 e. The fourth-order valence-corrected chi connectivity index (χ4v) is 24.6.